The summed E-state index contributed by atoms with van der Waals surface area (Å²) in [7, 11) is 0.738. The molecule has 0 aromatic heterocycles. The third-order valence-electron chi connectivity index (χ3n) is 4.74. The Bertz CT molecular complexity index is 1010. The van der Waals surface area contributed by atoms with E-state index in [9.17, 15) is 13.2 Å². The number of carbonyl (C=O) groups excluding carboxylic acids is 1. The highest BCUT2D eigenvalue weighted by atomic mass is 32.2. The fourth-order valence-electron chi connectivity index (χ4n) is 3.20. The van der Waals surface area contributed by atoms with Gasteiger partial charge in [-0.25, -0.2) is 13.1 Å². The minimum Gasteiger partial charge on any atom is -0.495 e. The van der Waals surface area contributed by atoms with Crippen LogP contribution in [-0.2, 0) is 21.4 Å². The number of sulfonamides is 1. The lowest BCUT2D eigenvalue weighted by atomic mass is 10.2. The van der Waals surface area contributed by atoms with E-state index in [-0.39, 0.29) is 17.3 Å². The molecule has 0 radical (unpaired) electrons. The maximum atomic E-state index is 12.8. The highest BCUT2D eigenvalue weighted by Gasteiger charge is 2.26. The number of nitrogens with zero attached hydrogens (tertiary/aromatic N) is 1. The Kier molecular flexibility index (Phi) is 6.29. The molecule has 1 heterocycles. The summed E-state index contributed by atoms with van der Waals surface area (Å²) in [6.07, 6.45) is 1.17. The SMILES string of the molecule is COc1ccc(CNS(=O)(=O)c2ccc(OC)c(N3CCCC3=O)c2)cc1OC. The summed E-state index contributed by atoms with van der Waals surface area (Å²) in [5.74, 6) is 1.49. The van der Waals surface area contributed by atoms with Crippen LogP contribution in [-0.4, -0.2) is 42.2 Å². The van der Waals surface area contributed by atoms with Crippen LogP contribution in [0.4, 0.5) is 5.69 Å². The number of hydrogen-bond donors (Lipinski definition) is 1. The number of carbonyl (C=O) groups is 1. The van der Waals surface area contributed by atoms with E-state index in [4.69, 9.17) is 14.2 Å². The number of benzene rings is 2. The van der Waals surface area contributed by atoms with Crippen molar-refractivity contribution in [1.82, 2.24) is 4.72 Å². The first-order chi connectivity index (χ1) is 13.9. The summed E-state index contributed by atoms with van der Waals surface area (Å²) >= 11 is 0. The lowest BCUT2D eigenvalue weighted by Crippen LogP contribution is -2.26. The Labute approximate surface area is 170 Å². The van der Waals surface area contributed by atoms with Gasteiger partial charge in [0.25, 0.3) is 0 Å². The van der Waals surface area contributed by atoms with E-state index in [1.54, 1.807) is 29.2 Å². The van der Waals surface area contributed by atoms with E-state index >= 15 is 0 Å². The Morgan fingerprint density at radius 2 is 1.66 bits per heavy atom. The summed E-state index contributed by atoms with van der Waals surface area (Å²) < 4.78 is 44.0. The second-order valence-corrected chi connectivity index (χ2v) is 8.26. The fourth-order valence-corrected chi connectivity index (χ4v) is 4.24. The molecule has 29 heavy (non-hydrogen) atoms. The van der Waals surface area contributed by atoms with E-state index in [1.165, 1.54) is 33.5 Å². The summed E-state index contributed by atoms with van der Waals surface area (Å²) in [6.45, 7) is 0.616. The number of nitrogens with one attached hydrogen (secondary N) is 1. The number of hydrogen-bond acceptors (Lipinski definition) is 6. The molecule has 8 nitrogen and oxygen atoms in total. The minimum atomic E-state index is -3.80. The third-order valence-corrected chi connectivity index (χ3v) is 6.14. The van der Waals surface area contributed by atoms with Crippen LogP contribution in [0, 0.1) is 0 Å². The molecule has 1 N–H and O–H groups in total. The predicted octanol–water partition coefficient (Wildman–Crippen LogP) is 2.32. The molecule has 0 atom stereocenters. The first-order valence-electron chi connectivity index (χ1n) is 9.08. The zero-order valence-corrected chi connectivity index (χ0v) is 17.4. The van der Waals surface area contributed by atoms with Crippen molar-refractivity contribution >= 4 is 21.6 Å². The molecule has 1 aliphatic heterocycles. The highest BCUT2D eigenvalue weighted by Crippen LogP contribution is 2.34. The van der Waals surface area contributed by atoms with Crippen LogP contribution in [0.15, 0.2) is 41.3 Å². The lowest BCUT2D eigenvalue weighted by molar-refractivity contribution is -0.117. The molecule has 1 saturated heterocycles. The smallest absolute Gasteiger partial charge is 0.240 e. The van der Waals surface area contributed by atoms with Gasteiger partial charge in [-0.3, -0.25) is 4.79 Å². The van der Waals surface area contributed by atoms with Crippen molar-refractivity contribution in [3.05, 3.63) is 42.0 Å². The first kappa shape index (κ1) is 20.9. The van der Waals surface area contributed by atoms with Crippen LogP contribution in [0.1, 0.15) is 18.4 Å². The molecule has 0 bridgehead atoms. The quantitative estimate of drug-likeness (QED) is 0.704. The third kappa shape index (κ3) is 4.46. The van der Waals surface area contributed by atoms with Crippen molar-refractivity contribution in [3.63, 3.8) is 0 Å². The van der Waals surface area contributed by atoms with Gasteiger partial charge in [0, 0.05) is 19.5 Å². The maximum absolute atomic E-state index is 12.8. The summed E-state index contributed by atoms with van der Waals surface area (Å²) in [5.41, 5.74) is 1.18. The molecule has 0 aliphatic carbocycles. The van der Waals surface area contributed by atoms with Crippen molar-refractivity contribution < 1.29 is 27.4 Å². The zero-order chi connectivity index (χ0) is 21.0. The van der Waals surface area contributed by atoms with Crippen LogP contribution >= 0.6 is 0 Å². The van der Waals surface area contributed by atoms with Gasteiger partial charge in [-0.15, -0.1) is 0 Å². The van der Waals surface area contributed by atoms with Crippen molar-refractivity contribution in [2.24, 2.45) is 0 Å². The molecule has 9 heteroatoms. The van der Waals surface area contributed by atoms with Gasteiger partial charge in [-0.05, 0) is 42.3 Å². The molecule has 3 rings (SSSR count). The Hall–Kier alpha value is -2.78. The molecule has 2 aromatic carbocycles. The summed E-state index contributed by atoms with van der Waals surface area (Å²) in [5, 5.41) is 0. The molecule has 0 saturated carbocycles. The van der Waals surface area contributed by atoms with Gasteiger partial charge < -0.3 is 19.1 Å². The van der Waals surface area contributed by atoms with Gasteiger partial charge in [0.2, 0.25) is 15.9 Å². The molecular weight excluding hydrogens is 396 g/mol. The van der Waals surface area contributed by atoms with Gasteiger partial charge in [0.05, 0.1) is 31.9 Å². The van der Waals surface area contributed by atoms with Gasteiger partial charge >= 0.3 is 0 Å². The molecule has 156 valence electrons. The number of rotatable bonds is 8. The van der Waals surface area contributed by atoms with Gasteiger partial charge in [-0.2, -0.15) is 0 Å². The Morgan fingerprint density at radius 3 is 2.28 bits per heavy atom. The maximum Gasteiger partial charge on any atom is 0.240 e. The van der Waals surface area contributed by atoms with Crippen molar-refractivity contribution in [2.45, 2.75) is 24.3 Å². The lowest BCUT2D eigenvalue weighted by Gasteiger charge is -2.20. The van der Waals surface area contributed by atoms with Crippen LogP contribution in [0.3, 0.4) is 0 Å². The van der Waals surface area contributed by atoms with Crippen LogP contribution in [0.2, 0.25) is 0 Å². The monoisotopic (exact) mass is 420 g/mol. The van der Waals surface area contributed by atoms with E-state index in [0.717, 1.165) is 12.0 Å². The fraction of sp³-hybridized carbons (Fsp3) is 0.350. The molecular formula is C20H24N2O6S. The standard InChI is InChI=1S/C20H24N2O6S/c1-26-17-9-7-15(12-16(17)22-10-4-5-20(22)23)29(24,25)21-13-14-6-8-18(27-2)19(11-14)28-3/h6-9,11-12,21H,4-5,10,13H2,1-3H3. The summed E-state index contributed by atoms with van der Waals surface area (Å²) in [4.78, 5) is 13.7. The highest BCUT2D eigenvalue weighted by molar-refractivity contribution is 7.89. The zero-order valence-electron chi connectivity index (χ0n) is 16.6. The van der Waals surface area contributed by atoms with Crippen LogP contribution in [0.25, 0.3) is 0 Å². The summed E-state index contributed by atoms with van der Waals surface area (Å²) in [6, 6.07) is 9.67. The molecule has 0 unspecified atom stereocenters. The van der Waals surface area contributed by atoms with E-state index in [0.29, 0.717) is 35.9 Å². The number of ether oxygens (including phenoxy) is 3. The first-order valence-corrected chi connectivity index (χ1v) is 10.6. The number of methoxy groups -OCH3 is 3. The number of anilines is 1. The van der Waals surface area contributed by atoms with E-state index in [1.807, 2.05) is 0 Å². The van der Waals surface area contributed by atoms with E-state index in [2.05, 4.69) is 4.72 Å². The second kappa shape index (κ2) is 8.71. The van der Waals surface area contributed by atoms with Crippen molar-refractivity contribution in [2.75, 3.05) is 32.8 Å². The normalized spacial score (nSPS) is 14.2. The molecule has 1 aliphatic rings. The van der Waals surface area contributed by atoms with Crippen LogP contribution < -0.4 is 23.8 Å². The van der Waals surface area contributed by atoms with Gasteiger partial charge in [-0.1, -0.05) is 6.07 Å². The Morgan fingerprint density at radius 1 is 0.966 bits per heavy atom. The second-order valence-electron chi connectivity index (χ2n) is 6.50. The van der Waals surface area contributed by atoms with E-state index < -0.39 is 10.0 Å². The topological polar surface area (TPSA) is 94.2 Å². The van der Waals surface area contributed by atoms with Crippen molar-refractivity contribution in [1.29, 1.82) is 0 Å². The number of amides is 1. The van der Waals surface area contributed by atoms with Crippen LogP contribution in [0.5, 0.6) is 17.2 Å². The van der Waals surface area contributed by atoms with Gasteiger partial charge in [0.1, 0.15) is 5.75 Å². The average Bonchev–Trinajstić information content (AvgIpc) is 3.17. The average molecular weight is 420 g/mol. The molecule has 0 spiro atoms. The molecule has 1 fully saturated rings. The Balaban J connectivity index is 1.83. The van der Waals surface area contributed by atoms with Gasteiger partial charge in [0.15, 0.2) is 11.5 Å². The molecule has 1 amide bonds. The predicted molar refractivity (Wildman–Crippen MR) is 108 cm³/mol. The molecule has 2 aromatic rings. The van der Waals surface area contributed by atoms with Crippen molar-refractivity contribution in [3.8, 4) is 17.2 Å². The minimum absolute atomic E-state index is 0.0452. The largest absolute Gasteiger partial charge is 0.495 e.